The zero-order valence-electron chi connectivity index (χ0n) is 15.2. The number of carbonyl (C=O) groups excluding carboxylic acids is 1. The fraction of sp³-hybridized carbons (Fsp3) is 0.889. The van der Waals surface area contributed by atoms with Crippen LogP contribution in [0.4, 0.5) is 0 Å². The summed E-state index contributed by atoms with van der Waals surface area (Å²) in [6.07, 6.45) is 13.4. The van der Waals surface area contributed by atoms with Crippen molar-refractivity contribution in [3.63, 3.8) is 0 Å². The number of aliphatic carboxylic acids is 1. The molecule has 22 heavy (non-hydrogen) atoms. The van der Waals surface area contributed by atoms with Gasteiger partial charge >= 0.3 is 0 Å². The summed E-state index contributed by atoms with van der Waals surface area (Å²) in [4.78, 5) is 18.6. The van der Waals surface area contributed by atoms with Gasteiger partial charge in [-0.2, -0.15) is 0 Å². The molecule has 0 atom stereocenters. The van der Waals surface area contributed by atoms with Gasteiger partial charge in [-0.25, -0.2) is 0 Å². The normalized spacial score (nSPS) is 16.4. The van der Waals surface area contributed by atoms with Gasteiger partial charge in [0.05, 0.1) is 0 Å². The lowest BCUT2D eigenvalue weighted by Crippen LogP contribution is -2.17. The summed E-state index contributed by atoms with van der Waals surface area (Å²) in [5.74, 6) is 0.230. The van der Waals surface area contributed by atoms with Gasteiger partial charge in [0, 0.05) is 6.92 Å². The molecule has 0 amide bonds. The molecule has 1 rings (SSSR count). The zero-order valence-corrected chi connectivity index (χ0v) is 15.2. The molecule has 0 aromatic rings. The van der Waals surface area contributed by atoms with Crippen molar-refractivity contribution in [2.45, 2.75) is 98.0 Å². The Balaban J connectivity index is 0. The first kappa shape index (κ1) is 23.2. The smallest absolute Gasteiger partial charge is 0.300 e. The number of carboxylic acids is 1. The number of rotatable bonds is 2. The van der Waals surface area contributed by atoms with Crippen LogP contribution in [0, 0.1) is 5.92 Å². The van der Waals surface area contributed by atoms with E-state index in [0.29, 0.717) is 6.47 Å². The Morgan fingerprint density at radius 3 is 1.68 bits per heavy atom. The molecule has 0 aromatic heterocycles. The summed E-state index contributed by atoms with van der Waals surface area (Å²) in [5.41, 5.74) is -0.318. The van der Waals surface area contributed by atoms with Gasteiger partial charge in [-0.3, -0.25) is 9.59 Å². The molecular formula is C18H36O4. The molecule has 0 bridgehead atoms. The van der Waals surface area contributed by atoms with Crippen LogP contribution in [0.15, 0.2) is 0 Å². The van der Waals surface area contributed by atoms with Crippen LogP contribution in [0.1, 0.15) is 92.4 Å². The Bertz CT molecular complexity index is 255. The van der Waals surface area contributed by atoms with Gasteiger partial charge in [-0.15, -0.1) is 0 Å². The molecule has 0 aromatic carbocycles. The van der Waals surface area contributed by atoms with Crippen LogP contribution in [-0.4, -0.2) is 23.1 Å². The molecular weight excluding hydrogens is 280 g/mol. The first-order valence-electron chi connectivity index (χ1n) is 8.54. The summed E-state index contributed by atoms with van der Waals surface area (Å²) < 4.78 is 4.55. The lowest BCUT2D eigenvalue weighted by atomic mass is 9.95. The van der Waals surface area contributed by atoms with Gasteiger partial charge in [-0.05, 0) is 26.7 Å². The predicted molar refractivity (Wildman–Crippen MR) is 90.9 cm³/mol. The molecule has 0 radical (unpaired) electrons. The average Bonchev–Trinajstić information content (AvgIpc) is 2.50. The maximum atomic E-state index is 9.60. The molecule has 4 heteroatoms. The molecule has 1 aliphatic rings. The van der Waals surface area contributed by atoms with Gasteiger partial charge < -0.3 is 9.84 Å². The second kappa shape index (κ2) is 14.9. The van der Waals surface area contributed by atoms with E-state index in [1.807, 2.05) is 20.8 Å². The molecule has 0 spiro atoms. The van der Waals surface area contributed by atoms with Crippen LogP contribution >= 0.6 is 0 Å². The van der Waals surface area contributed by atoms with Gasteiger partial charge in [-0.1, -0.05) is 64.7 Å². The molecule has 0 heterocycles. The van der Waals surface area contributed by atoms with Gasteiger partial charge in [0.25, 0.3) is 12.4 Å². The minimum absolute atomic E-state index is 0.318. The molecule has 132 valence electrons. The van der Waals surface area contributed by atoms with Crippen molar-refractivity contribution in [3.05, 3.63) is 0 Å². The highest BCUT2D eigenvalue weighted by molar-refractivity contribution is 5.62. The standard InChI is InChI=1S/C11H22.C5H10O2.C2H4O2/c1-2-11-9-7-5-3-4-6-8-10-11;1-5(2,3)7-4-6;1-2(3)4/h11H,2-10H2,1H3;4H,1-3H3;1H3,(H,3,4). The second-order valence-electron chi connectivity index (χ2n) is 6.82. The lowest BCUT2D eigenvalue weighted by Gasteiger charge is -2.14. The molecule has 0 aliphatic heterocycles. The van der Waals surface area contributed by atoms with Crippen LogP contribution in [0.5, 0.6) is 0 Å². The number of carbonyl (C=O) groups is 2. The van der Waals surface area contributed by atoms with Gasteiger partial charge in [0.1, 0.15) is 5.60 Å². The van der Waals surface area contributed by atoms with E-state index < -0.39 is 5.97 Å². The van der Waals surface area contributed by atoms with Crippen molar-refractivity contribution in [2.75, 3.05) is 0 Å². The van der Waals surface area contributed by atoms with Gasteiger partial charge in [0.15, 0.2) is 0 Å². The van der Waals surface area contributed by atoms with E-state index in [1.54, 1.807) is 0 Å². The maximum Gasteiger partial charge on any atom is 0.300 e. The molecule has 0 saturated heterocycles. The first-order valence-corrected chi connectivity index (χ1v) is 8.54. The third-order valence-corrected chi connectivity index (χ3v) is 3.45. The molecule has 1 saturated carbocycles. The summed E-state index contributed by atoms with van der Waals surface area (Å²) in [6, 6.07) is 0. The lowest BCUT2D eigenvalue weighted by molar-refractivity contribution is -0.138. The maximum absolute atomic E-state index is 9.60. The Kier molecular flexibility index (Phi) is 15.7. The van der Waals surface area contributed by atoms with Crippen LogP contribution in [0.25, 0.3) is 0 Å². The highest BCUT2D eigenvalue weighted by Gasteiger charge is 2.08. The average molecular weight is 316 g/mol. The predicted octanol–water partition coefficient (Wildman–Crippen LogP) is 5.20. The second-order valence-corrected chi connectivity index (χ2v) is 6.82. The topological polar surface area (TPSA) is 63.6 Å². The molecule has 1 N–H and O–H groups in total. The van der Waals surface area contributed by atoms with Gasteiger partial charge in [0.2, 0.25) is 0 Å². The van der Waals surface area contributed by atoms with Crippen LogP contribution in [0.2, 0.25) is 0 Å². The first-order chi connectivity index (χ1) is 10.2. The molecule has 0 unspecified atom stereocenters. The number of carboxylic acid groups (broad SMARTS) is 1. The zero-order chi connectivity index (χ0) is 17.4. The van der Waals surface area contributed by atoms with E-state index in [1.165, 1.54) is 57.8 Å². The van der Waals surface area contributed by atoms with Crippen LogP contribution in [-0.2, 0) is 14.3 Å². The number of ether oxygens (including phenoxy) is 1. The van der Waals surface area contributed by atoms with Crippen molar-refractivity contribution in [1.82, 2.24) is 0 Å². The summed E-state index contributed by atoms with van der Waals surface area (Å²) in [7, 11) is 0. The van der Waals surface area contributed by atoms with Crippen molar-refractivity contribution < 1.29 is 19.4 Å². The van der Waals surface area contributed by atoms with Crippen molar-refractivity contribution >= 4 is 12.4 Å². The Labute approximate surface area is 136 Å². The summed E-state index contributed by atoms with van der Waals surface area (Å²) in [6.45, 7) is 9.35. The van der Waals surface area contributed by atoms with Crippen LogP contribution in [0.3, 0.4) is 0 Å². The Hall–Kier alpha value is -1.06. The van der Waals surface area contributed by atoms with Crippen LogP contribution < -0.4 is 0 Å². The van der Waals surface area contributed by atoms with E-state index in [-0.39, 0.29) is 5.60 Å². The number of hydrogen-bond acceptors (Lipinski definition) is 3. The van der Waals surface area contributed by atoms with E-state index >= 15 is 0 Å². The fourth-order valence-electron chi connectivity index (χ4n) is 2.27. The van der Waals surface area contributed by atoms with Crippen molar-refractivity contribution in [2.24, 2.45) is 5.92 Å². The van der Waals surface area contributed by atoms with E-state index in [4.69, 9.17) is 9.90 Å². The SMILES string of the molecule is CC(=O)O.CC(C)(C)OC=O.CCC1CCCCCCCC1. The van der Waals surface area contributed by atoms with E-state index in [2.05, 4.69) is 11.7 Å². The molecule has 1 fully saturated rings. The highest BCUT2D eigenvalue weighted by Crippen LogP contribution is 2.23. The summed E-state index contributed by atoms with van der Waals surface area (Å²) >= 11 is 0. The monoisotopic (exact) mass is 316 g/mol. The third-order valence-electron chi connectivity index (χ3n) is 3.45. The Morgan fingerprint density at radius 1 is 1.09 bits per heavy atom. The Morgan fingerprint density at radius 2 is 1.45 bits per heavy atom. The summed E-state index contributed by atoms with van der Waals surface area (Å²) in [5, 5.41) is 7.42. The van der Waals surface area contributed by atoms with E-state index in [0.717, 1.165) is 12.8 Å². The quantitative estimate of drug-likeness (QED) is 0.711. The van der Waals surface area contributed by atoms with Crippen molar-refractivity contribution in [3.8, 4) is 0 Å². The minimum Gasteiger partial charge on any atom is -0.481 e. The highest BCUT2D eigenvalue weighted by atomic mass is 16.5. The fourth-order valence-corrected chi connectivity index (χ4v) is 2.27. The molecule has 4 nitrogen and oxygen atoms in total. The minimum atomic E-state index is -0.833. The third kappa shape index (κ3) is 24.0. The van der Waals surface area contributed by atoms with E-state index in [9.17, 15) is 4.79 Å². The molecule has 1 aliphatic carbocycles. The number of hydrogen-bond donors (Lipinski definition) is 1. The largest absolute Gasteiger partial charge is 0.481 e. The van der Waals surface area contributed by atoms with Crippen molar-refractivity contribution in [1.29, 1.82) is 0 Å².